The van der Waals surface area contributed by atoms with Crippen LogP contribution >= 0.6 is 0 Å². The Labute approximate surface area is 145 Å². The van der Waals surface area contributed by atoms with Gasteiger partial charge in [0.1, 0.15) is 17.8 Å². The number of hydrogen-bond donors (Lipinski definition) is 2. The molecule has 2 aromatic carbocycles. The molecule has 2 N–H and O–H groups in total. The molecule has 7 nitrogen and oxygen atoms in total. The minimum atomic E-state index is -1.09. The molecule has 1 unspecified atom stereocenters. The summed E-state index contributed by atoms with van der Waals surface area (Å²) in [5.41, 5.74) is 3.31. The Morgan fingerprint density at radius 1 is 1.12 bits per heavy atom. The minimum Gasteiger partial charge on any atom is -0.612 e. The van der Waals surface area contributed by atoms with Gasteiger partial charge in [-0.3, -0.25) is 4.79 Å². The molecular formula is C17H14N4O3S. The average Bonchev–Trinajstić information content (AvgIpc) is 3.01. The lowest BCUT2D eigenvalue weighted by Gasteiger charge is -2.09. The van der Waals surface area contributed by atoms with Gasteiger partial charge in [0.05, 0.1) is 40.9 Å². The number of nitrogens with zero attached hydrogens (tertiary/aromatic N) is 2. The van der Waals surface area contributed by atoms with Crippen molar-refractivity contribution in [2.75, 3.05) is 13.4 Å². The molecule has 0 aliphatic carbocycles. The number of fused-ring (bicyclic) bond motifs is 2. The van der Waals surface area contributed by atoms with Crippen molar-refractivity contribution in [3.8, 4) is 17.1 Å². The van der Waals surface area contributed by atoms with E-state index in [0.29, 0.717) is 33.0 Å². The predicted octanol–water partition coefficient (Wildman–Crippen LogP) is 2.21. The van der Waals surface area contributed by atoms with E-state index >= 15 is 0 Å². The van der Waals surface area contributed by atoms with Crippen LogP contribution in [-0.2, 0) is 11.2 Å². The highest BCUT2D eigenvalue weighted by atomic mass is 32.2. The standard InChI is InChI=1S/C17H14N4O3S/c1-24-15-5-9(25(2)23)3-4-10(15)17-20-13-6-11-12(7-14(13)21-17)19-16(22)8-18-11/h3-8H,1-2H3,(H,19,22)(H,20,21). The van der Waals surface area contributed by atoms with E-state index < -0.39 is 11.2 Å². The van der Waals surface area contributed by atoms with Crippen molar-refractivity contribution in [3.63, 3.8) is 0 Å². The summed E-state index contributed by atoms with van der Waals surface area (Å²) in [7, 11) is 1.56. The first kappa shape index (κ1) is 15.7. The molecule has 0 amide bonds. The highest BCUT2D eigenvalue weighted by molar-refractivity contribution is 7.90. The number of aromatic amines is 2. The molecule has 1 atom stereocenters. The molecule has 0 fully saturated rings. The SMILES string of the molecule is COc1cc([S+](C)[O-])ccc1-c1nc2cc3[nH]c(=O)cnc3cc2[nH]1. The summed E-state index contributed by atoms with van der Waals surface area (Å²) in [4.78, 5) is 26.8. The molecule has 0 radical (unpaired) electrons. The van der Waals surface area contributed by atoms with Crippen molar-refractivity contribution in [2.45, 2.75) is 4.90 Å². The maximum atomic E-state index is 11.7. The molecule has 25 heavy (non-hydrogen) atoms. The van der Waals surface area contributed by atoms with E-state index in [1.165, 1.54) is 6.20 Å². The maximum Gasteiger partial charge on any atom is 0.266 e. The Balaban J connectivity index is 1.89. The van der Waals surface area contributed by atoms with Crippen LogP contribution in [0.4, 0.5) is 0 Å². The lowest BCUT2D eigenvalue weighted by atomic mass is 10.2. The van der Waals surface area contributed by atoms with Gasteiger partial charge in [-0.05, 0) is 35.4 Å². The third kappa shape index (κ3) is 2.75. The summed E-state index contributed by atoms with van der Waals surface area (Å²) >= 11 is -1.09. The first-order valence-corrected chi connectivity index (χ1v) is 9.01. The number of methoxy groups -OCH3 is 1. The predicted molar refractivity (Wildman–Crippen MR) is 96.3 cm³/mol. The fraction of sp³-hybridized carbons (Fsp3) is 0.118. The second kappa shape index (κ2) is 5.91. The van der Waals surface area contributed by atoms with Crippen LogP contribution in [0.3, 0.4) is 0 Å². The van der Waals surface area contributed by atoms with E-state index in [4.69, 9.17) is 4.74 Å². The lowest BCUT2D eigenvalue weighted by molar-refractivity contribution is 0.415. The molecular weight excluding hydrogens is 340 g/mol. The smallest absolute Gasteiger partial charge is 0.266 e. The van der Waals surface area contributed by atoms with Crippen LogP contribution in [0, 0.1) is 0 Å². The summed E-state index contributed by atoms with van der Waals surface area (Å²) in [6.45, 7) is 0. The normalized spacial score (nSPS) is 12.6. The van der Waals surface area contributed by atoms with Gasteiger partial charge < -0.3 is 19.3 Å². The topological polar surface area (TPSA) is 107 Å². The molecule has 2 aromatic heterocycles. The van der Waals surface area contributed by atoms with Crippen LogP contribution in [-0.4, -0.2) is 37.9 Å². The Bertz CT molecular complexity index is 1150. The summed E-state index contributed by atoms with van der Waals surface area (Å²) < 4.78 is 17.1. The average molecular weight is 354 g/mol. The first-order valence-electron chi connectivity index (χ1n) is 7.46. The zero-order valence-corrected chi connectivity index (χ0v) is 14.3. The Morgan fingerprint density at radius 3 is 2.64 bits per heavy atom. The third-order valence-electron chi connectivity index (χ3n) is 3.94. The van der Waals surface area contributed by atoms with Gasteiger partial charge in [-0.15, -0.1) is 0 Å². The van der Waals surface area contributed by atoms with Gasteiger partial charge >= 0.3 is 0 Å². The number of imidazole rings is 1. The Kier molecular flexibility index (Phi) is 3.70. The van der Waals surface area contributed by atoms with Gasteiger partial charge in [-0.25, -0.2) is 9.97 Å². The molecule has 0 saturated heterocycles. The number of hydrogen-bond acceptors (Lipinski definition) is 5. The van der Waals surface area contributed by atoms with E-state index in [9.17, 15) is 9.35 Å². The molecule has 126 valence electrons. The van der Waals surface area contributed by atoms with Crippen LogP contribution in [0.25, 0.3) is 33.5 Å². The van der Waals surface area contributed by atoms with E-state index in [-0.39, 0.29) is 5.56 Å². The monoisotopic (exact) mass is 354 g/mol. The highest BCUT2D eigenvalue weighted by Crippen LogP contribution is 2.32. The number of benzene rings is 2. The molecule has 0 spiro atoms. The van der Waals surface area contributed by atoms with Crippen LogP contribution in [0.1, 0.15) is 0 Å². The Morgan fingerprint density at radius 2 is 1.88 bits per heavy atom. The van der Waals surface area contributed by atoms with Crippen LogP contribution in [0.15, 0.2) is 46.2 Å². The van der Waals surface area contributed by atoms with Gasteiger partial charge in [0.25, 0.3) is 5.56 Å². The fourth-order valence-electron chi connectivity index (χ4n) is 2.72. The summed E-state index contributed by atoms with van der Waals surface area (Å²) in [6.07, 6.45) is 2.87. The summed E-state index contributed by atoms with van der Waals surface area (Å²) in [5, 5.41) is 0. The lowest BCUT2D eigenvalue weighted by Crippen LogP contribution is -2.04. The van der Waals surface area contributed by atoms with E-state index in [2.05, 4.69) is 19.9 Å². The van der Waals surface area contributed by atoms with Gasteiger partial charge in [-0.1, -0.05) is 0 Å². The van der Waals surface area contributed by atoms with Crippen LogP contribution < -0.4 is 10.3 Å². The van der Waals surface area contributed by atoms with Crippen molar-refractivity contribution >= 4 is 33.2 Å². The largest absolute Gasteiger partial charge is 0.612 e. The second-order valence-corrected chi connectivity index (χ2v) is 6.92. The van der Waals surface area contributed by atoms with Gasteiger partial charge in [-0.2, -0.15) is 0 Å². The molecule has 4 aromatic rings. The number of ether oxygens (including phenoxy) is 1. The first-order chi connectivity index (χ1) is 12.0. The van der Waals surface area contributed by atoms with Gasteiger partial charge in [0.2, 0.25) is 0 Å². The van der Waals surface area contributed by atoms with Crippen LogP contribution in [0.2, 0.25) is 0 Å². The molecule has 2 heterocycles. The summed E-state index contributed by atoms with van der Waals surface area (Å²) in [6, 6.07) is 8.97. The number of nitrogens with one attached hydrogen (secondary N) is 2. The number of H-pyrrole nitrogens is 2. The summed E-state index contributed by atoms with van der Waals surface area (Å²) in [5.74, 6) is 1.21. The zero-order chi connectivity index (χ0) is 17.6. The molecule has 0 aliphatic rings. The van der Waals surface area contributed by atoms with Gasteiger partial charge in [0, 0.05) is 6.07 Å². The van der Waals surface area contributed by atoms with E-state index in [0.717, 1.165) is 11.1 Å². The minimum absolute atomic E-state index is 0.257. The van der Waals surface area contributed by atoms with Crippen molar-refractivity contribution in [2.24, 2.45) is 0 Å². The quantitative estimate of drug-likeness (QED) is 0.549. The van der Waals surface area contributed by atoms with Crippen molar-refractivity contribution in [3.05, 3.63) is 46.9 Å². The highest BCUT2D eigenvalue weighted by Gasteiger charge is 2.15. The molecule has 4 rings (SSSR count). The molecule has 0 aliphatic heterocycles. The number of aromatic nitrogens is 4. The second-order valence-electron chi connectivity index (χ2n) is 5.54. The molecule has 8 heteroatoms. The van der Waals surface area contributed by atoms with Crippen LogP contribution in [0.5, 0.6) is 5.75 Å². The van der Waals surface area contributed by atoms with Crippen molar-refractivity contribution in [1.29, 1.82) is 0 Å². The van der Waals surface area contributed by atoms with Crippen molar-refractivity contribution < 1.29 is 9.29 Å². The van der Waals surface area contributed by atoms with E-state index in [1.54, 1.807) is 31.6 Å². The molecule has 0 bridgehead atoms. The number of rotatable bonds is 3. The maximum absolute atomic E-state index is 11.7. The Hall–Kier alpha value is -2.84. The van der Waals surface area contributed by atoms with Gasteiger partial charge in [0.15, 0.2) is 4.90 Å². The fourth-order valence-corrected chi connectivity index (χ4v) is 3.25. The van der Waals surface area contributed by atoms with E-state index in [1.807, 2.05) is 12.1 Å². The zero-order valence-electron chi connectivity index (χ0n) is 13.5. The third-order valence-corrected chi connectivity index (χ3v) is 4.86. The molecule has 0 saturated carbocycles. The van der Waals surface area contributed by atoms with Crippen molar-refractivity contribution in [1.82, 2.24) is 19.9 Å².